The van der Waals surface area contributed by atoms with Gasteiger partial charge in [0, 0.05) is 49.6 Å². The Hall–Kier alpha value is -2.80. The van der Waals surface area contributed by atoms with Gasteiger partial charge in [-0.25, -0.2) is 4.39 Å². The number of aromatic nitrogens is 1. The lowest BCUT2D eigenvalue weighted by molar-refractivity contribution is -0.126. The fraction of sp³-hybridized carbons (Fsp3) is 0.458. The summed E-state index contributed by atoms with van der Waals surface area (Å²) in [5, 5.41) is 3.03. The number of hydrogen-bond acceptors (Lipinski definition) is 4. The molecular weight excluding hydrogens is 395 g/mol. The summed E-state index contributed by atoms with van der Waals surface area (Å²) in [5.74, 6) is -0.295. The van der Waals surface area contributed by atoms with Crippen molar-refractivity contribution in [2.45, 2.75) is 38.3 Å². The molecule has 2 amide bonds. The molecule has 0 spiro atoms. The van der Waals surface area contributed by atoms with Gasteiger partial charge in [-0.3, -0.25) is 14.6 Å². The average molecular weight is 425 g/mol. The molecule has 0 bridgehead atoms. The summed E-state index contributed by atoms with van der Waals surface area (Å²) in [7, 11) is 0. The van der Waals surface area contributed by atoms with E-state index in [0.717, 1.165) is 44.3 Å². The van der Waals surface area contributed by atoms with Crippen LogP contribution in [0.3, 0.4) is 0 Å². The zero-order valence-electron chi connectivity index (χ0n) is 17.7. The van der Waals surface area contributed by atoms with Gasteiger partial charge in [0.15, 0.2) is 0 Å². The summed E-state index contributed by atoms with van der Waals surface area (Å²) < 4.78 is 13.4. The molecule has 2 aromatic rings. The molecule has 1 aromatic heterocycles. The first-order valence-corrected chi connectivity index (χ1v) is 11.1. The van der Waals surface area contributed by atoms with Crippen LogP contribution in [0.1, 0.15) is 41.6 Å². The summed E-state index contributed by atoms with van der Waals surface area (Å²) in [6, 6.07) is 10.2. The van der Waals surface area contributed by atoms with E-state index in [9.17, 15) is 14.0 Å². The van der Waals surface area contributed by atoms with Gasteiger partial charge in [0.25, 0.3) is 5.91 Å². The van der Waals surface area contributed by atoms with Crippen LogP contribution in [0.2, 0.25) is 0 Å². The molecule has 164 valence electrons. The van der Waals surface area contributed by atoms with Crippen LogP contribution in [0.4, 0.5) is 4.39 Å². The normalized spacial score (nSPS) is 18.7. The molecule has 0 saturated carbocycles. The number of benzene rings is 1. The van der Waals surface area contributed by atoms with E-state index in [-0.39, 0.29) is 23.5 Å². The predicted octanol–water partition coefficient (Wildman–Crippen LogP) is 2.85. The lowest BCUT2D eigenvalue weighted by Gasteiger charge is -2.41. The summed E-state index contributed by atoms with van der Waals surface area (Å²) in [4.78, 5) is 33.5. The highest BCUT2D eigenvalue weighted by molar-refractivity contribution is 5.94. The van der Waals surface area contributed by atoms with Gasteiger partial charge in [-0.1, -0.05) is 12.1 Å². The molecule has 1 aromatic carbocycles. The van der Waals surface area contributed by atoms with Crippen LogP contribution < -0.4 is 5.32 Å². The Morgan fingerprint density at radius 3 is 2.48 bits per heavy atom. The van der Waals surface area contributed by atoms with Crippen LogP contribution in [-0.4, -0.2) is 58.8 Å². The van der Waals surface area contributed by atoms with Crippen molar-refractivity contribution in [1.29, 1.82) is 0 Å². The SMILES string of the molecule is O=C(NCc1cccnc1)C1CCN(C2CCN(C(=O)c3cccc(F)c3)CC2)CC1. The monoisotopic (exact) mass is 424 g/mol. The Bertz CT molecular complexity index is 891. The topological polar surface area (TPSA) is 65.5 Å². The van der Waals surface area contributed by atoms with Gasteiger partial charge >= 0.3 is 0 Å². The number of likely N-dealkylation sites (tertiary alicyclic amines) is 2. The summed E-state index contributed by atoms with van der Waals surface area (Å²) >= 11 is 0. The lowest BCUT2D eigenvalue weighted by atomic mass is 9.92. The van der Waals surface area contributed by atoms with Gasteiger partial charge in [-0.2, -0.15) is 0 Å². The molecule has 0 unspecified atom stereocenters. The first-order valence-electron chi connectivity index (χ1n) is 11.1. The number of rotatable bonds is 5. The molecule has 1 N–H and O–H groups in total. The quantitative estimate of drug-likeness (QED) is 0.802. The zero-order chi connectivity index (χ0) is 21.6. The molecule has 31 heavy (non-hydrogen) atoms. The molecule has 2 aliphatic rings. The number of nitrogens with one attached hydrogen (secondary N) is 1. The van der Waals surface area contributed by atoms with Crippen LogP contribution in [0.15, 0.2) is 48.8 Å². The van der Waals surface area contributed by atoms with E-state index in [1.165, 1.54) is 12.1 Å². The van der Waals surface area contributed by atoms with Crippen LogP contribution in [0, 0.1) is 11.7 Å². The van der Waals surface area contributed by atoms with Crippen LogP contribution in [0.25, 0.3) is 0 Å². The Labute approximate surface area is 182 Å². The Morgan fingerprint density at radius 1 is 1.03 bits per heavy atom. The number of pyridine rings is 1. The van der Waals surface area contributed by atoms with Crippen LogP contribution >= 0.6 is 0 Å². The first kappa shape index (κ1) is 21.4. The van der Waals surface area contributed by atoms with Gasteiger partial charge in [-0.15, -0.1) is 0 Å². The third kappa shape index (κ3) is 5.47. The minimum Gasteiger partial charge on any atom is -0.352 e. The van der Waals surface area contributed by atoms with Crippen molar-refractivity contribution in [3.63, 3.8) is 0 Å². The van der Waals surface area contributed by atoms with E-state index < -0.39 is 0 Å². The molecule has 0 radical (unpaired) electrons. The van der Waals surface area contributed by atoms with Gasteiger partial charge in [0.1, 0.15) is 5.82 Å². The molecular formula is C24H29FN4O2. The standard InChI is InChI=1S/C24H29FN4O2/c25-21-5-1-4-20(15-21)24(31)29-13-8-22(9-14-29)28-11-6-19(7-12-28)23(30)27-17-18-3-2-10-26-16-18/h1-5,10,15-16,19,22H,6-9,11-14,17H2,(H,27,30). The van der Waals surface area contributed by atoms with Gasteiger partial charge in [0.05, 0.1) is 0 Å². The third-order valence-electron chi connectivity index (χ3n) is 6.43. The molecule has 7 heteroatoms. The Balaban J connectivity index is 1.20. The van der Waals surface area contributed by atoms with E-state index in [0.29, 0.717) is 31.2 Å². The van der Waals surface area contributed by atoms with Gasteiger partial charge in [-0.05, 0) is 68.6 Å². The van der Waals surface area contributed by atoms with E-state index >= 15 is 0 Å². The summed E-state index contributed by atoms with van der Waals surface area (Å²) in [5.41, 5.74) is 1.42. The molecule has 2 fully saturated rings. The number of hydrogen-bond donors (Lipinski definition) is 1. The second-order valence-corrected chi connectivity index (χ2v) is 8.42. The van der Waals surface area contributed by atoms with Crippen molar-refractivity contribution in [2.75, 3.05) is 26.2 Å². The van der Waals surface area contributed by atoms with Crippen LogP contribution in [0.5, 0.6) is 0 Å². The molecule has 4 rings (SSSR count). The highest BCUT2D eigenvalue weighted by Gasteiger charge is 2.31. The highest BCUT2D eigenvalue weighted by atomic mass is 19.1. The molecule has 0 aliphatic carbocycles. The zero-order valence-corrected chi connectivity index (χ0v) is 17.7. The van der Waals surface area contributed by atoms with E-state index in [4.69, 9.17) is 0 Å². The van der Waals surface area contributed by atoms with E-state index in [1.807, 2.05) is 17.0 Å². The average Bonchev–Trinajstić information content (AvgIpc) is 2.83. The molecule has 0 atom stereocenters. The fourth-order valence-corrected chi connectivity index (χ4v) is 4.60. The molecule has 6 nitrogen and oxygen atoms in total. The van der Waals surface area contributed by atoms with E-state index in [1.54, 1.807) is 24.5 Å². The van der Waals surface area contributed by atoms with Crippen molar-refractivity contribution >= 4 is 11.8 Å². The number of nitrogens with zero attached hydrogens (tertiary/aromatic N) is 3. The van der Waals surface area contributed by atoms with Crippen molar-refractivity contribution in [3.8, 4) is 0 Å². The van der Waals surface area contributed by atoms with Gasteiger partial charge < -0.3 is 15.1 Å². The minimum atomic E-state index is -0.381. The summed E-state index contributed by atoms with van der Waals surface area (Å²) in [6.45, 7) is 3.71. The van der Waals surface area contributed by atoms with Crippen LogP contribution in [-0.2, 0) is 11.3 Å². The van der Waals surface area contributed by atoms with E-state index in [2.05, 4.69) is 15.2 Å². The largest absolute Gasteiger partial charge is 0.352 e. The maximum absolute atomic E-state index is 13.4. The highest BCUT2D eigenvalue weighted by Crippen LogP contribution is 2.25. The number of carbonyl (C=O) groups excluding carboxylic acids is 2. The fourth-order valence-electron chi connectivity index (χ4n) is 4.60. The molecule has 2 aliphatic heterocycles. The lowest BCUT2D eigenvalue weighted by Crippen LogP contribution is -2.50. The Morgan fingerprint density at radius 2 is 1.81 bits per heavy atom. The molecule has 3 heterocycles. The number of carbonyl (C=O) groups is 2. The van der Waals surface area contributed by atoms with Crippen molar-refractivity contribution in [2.24, 2.45) is 5.92 Å². The smallest absolute Gasteiger partial charge is 0.253 e. The minimum absolute atomic E-state index is 0.0579. The predicted molar refractivity (Wildman–Crippen MR) is 116 cm³/mol. The second-order valence-electron chi connectivity index (χ2n) is 8.42. The molecule has 2 saturated heterocycles. The second kappa shape index (κ2) is 10.0. The number of halogens is 1. The van der Waals surface area contributed by atoms with Gasteiger partial charge in [0.2, 0.25) is 5.91 Å². The van der Waals surface area contributed by atoms with Crippen molar-refractivity contribution in [3.05, 3.63) is 65.7 Å². The maximum Gasteiger partial charge on any atom is 0.253 e. The van der Waals surface area contributed by atoms with Crippen molar-refractivity contribution < 1.29 is 14.0 Å². The Kier molecular flexibility index (Phi) is 6.92. The van der Waals surface area contributed by atoms with Crippen molar-refractivity contribution in [1.82, 2.24) is 20.1 Å². The first-order chi connectivity index (χ1) is 15.1. The number of piperidine rings is 2. The number of amides is 2. The summed E-state index contributed by atoms with van der Waals surface area (Å²) in [6.07, 6.45) is 7.05. The maximum atomic E-state index is 13.4. The third-order valence-corrected chi connectivity index (χ3v) is 6.43.